The number of nitrogens with one attached hydrogen (secondary N) is 2. The summed E-state index contributed by atoms with van der Waals surface area (Å²) in [7, 11) is 1.91. The van der Waals surface area contributed by atoms with E-state index in [9.17, 15) is 0 Å². The van der Waals surface area contributed by atoms with Crippen LogP contribution in [0.3, 0.4) is 0 Å². The second kappa shape index (κ2) is 7.47. The molecule has 0 bridgehead atoms. The van der Waals surface area contributed by atoms with Crippen molar-refractivity contribution in [1.82, 2.24) is 20.4 Å². The van der Waals surface area contributed by atoms with Crippen LogP contribution < -0.4 is 10.6 Å². The van der Waals surface area contributed by atoms with Crippen LogP contribution in [0.4, 0.5) is 0 Å². The molecule has 2 N–H and O–H groups in total. The van der Waals surface area contributed by atoms with Crippen molar-refractivity contribution >= 4 is 5.96 Å². The molecule has 0 saturated heterocycles. The van der Waals surface area contributed by atoms with Gasteiger partial charge in [0.1, 0.15) is 0 Å². The van der Waals surface area contributed by atoms with Crippen molar-refractivity contribution < 1.29 is 0 Å². The van der Waals surface area contributed by atoms with Crippen molar-refractivity contribution in [1.29, 1.82) is 0 Å². The number of aliphatic imine (C=N–C) groups is 1. The zero-order valence-corrected chi connectivity index (χ0v) is 12.9. The summed E-state index contributed by atoms with van der Waals surface area (Å²) >= 11 is 0. The maximum atomic E-state index is 4.58. The van der Waals surface area contributed by atoms with E-state index in [4.69, 9.17) is 0 Å². The van der Waals surface area contributed by atoms with Gasteiger partial charge in [-0.05, 0) is 19.4 Å². The average Bonchev–Trinajstić information content (AvgIpc) is 2.88. The van der Waals surface area contributed by atoms with Crippen molar-refractivity contribution in [3.63, 3.8) is 0 Å². The highest BCUT2D eigenvalue weighted by Crippen LogP contribution is 2.03. The zero-order chi connectivity index (χ0) is 15.1. The fraction of sp³-hybridized carbons (Fsp3) is 0.375. The summed E-state index contributed by atoms with van der Waals surface area (Å²) in [5, 5.41) is 10.8. The second-order valence-corrected chi connectivity index (χ2v) is 5.06. The molecule has 5 nitrogen and oxygen atoms in total. The van der Waals surface area contributed by atoms with Gasteiger partial charge in [-0.3, -0.25) is 4.68 Å². The number of nitrogens with zero attached hydrogens (tertiary/aromatic N) is 3. The summed E-state index contributed by atoms with van der Waals surface area (Å²) < 4.78 is 1.79. The van der Waals surface area contributed by atoms with Gasteiger partial charge in [-0.2, -0.15) is 5.10 Å². The molecule has 0 atom stereocenters. The Balaban J connectivity index is 1.94. The van der Waals surface area contributed by atoms with Crippen LogP contribution in [0.5, 0.6) is 0 Å². The van der Waals surface area contributed by atoms with Crippen LogP contribution >= 0.6 is 0 Å². The Hall–Kier alpha value is -2.30. The van der Waals surface area contributed by atoms with Crippen LogP contribution in [0.25, 0.3) is 0 Å². The molecular formula is C16H23N5. The monoisotopic (exact) mass is 285 g/mol. The summed E-state index contributed by atoms with van der Waals surface area (Å²) in [5.74, 6) is 0.822. The van der Waals surface area contributed by atoms with Gasteiger partial charge in [-0.25, -0.2) is 4.99 Å². The quantitative estimate of drug-likeness (QED) is 0.652. The molecule has 5 heteroatoms. The van der Waals surface area contributed by atoms with E-state index in [0.29, 0.717) is 6.54 Å². The van der Waals surface area contributed by atoms with Gasteiger partial charge in [0.25, 0.3) is 0 Å². The summed E-state index contributed by atoms with van der Waals surface area (Å²) in [6, 6.07) is 8.47. The van der Waals surface area contributed by atoms with Gasteiger partial charge in [0, 0.05) is 31.9 Å². The van der Waals surface area contributed by atoms with E-state index in [1.807, 2.05) is 19.4 Å². The molecule has 0 radical (unpaired) electrons. The lowest BCUT2D eigenvalue weighted by atomic mass is 10.1. The van der Waals surface area contributed by atoms with Gasteiger partial charge in [-0.15, -0.1) is 0 Å². The van der Waals surface area contributed by atoms with Crippen LogP contribution in [0.1, 0.15) is 23.6 Å². The minimum absolute atomic E-state index is 0.622. The number of rotatable bonds is 5. The van der Waals surface area contributed by atoms with Crippen LogP contribution in [0.2, 0.25) is 0 Å². The van der Waals surface area contributed by atoms with Gasteiger partial charge in [0.2, 0.25) is 0 Å². The van der Waals surface area contributed by atoms with Crippen LogP contribution in [-0.4, -0.2) is 22.3 Å². The van der Waals surface area contributed by atoms with E-state index in [1.165, 1.54) is 11.1 Å². The standard InChI is InChI=1S/C16H23N5/c1-4-17-16(19-10-15-11-20-21(3)12-15)18-9-14-7-5-6-13(2)8-14/h5-8,11-12H,4,9-10H2,1-3H3,(H2,17,18,19). The second-order valence-electron chi connectivity index (χ2n) is 5.06. The molecule has 21 heavy (non-hydrogen) atoms. The zero-order valence-electron chi connectivity index (χ0n) is 12.9. The van der Waals surface area contributed by atoms with Gasteiger partial charge in [0.05, 0.1) is 12.7 Å². The third kappa shape index (κ3) is 4.95. The Morgan fingerprint density at radius 1 is 1.29 bits per heavy atom. The molecule has 0 fully saturated rings. The first kappa shape index (κ1) is 15.1. The number of aryl methyl sites for hydroxylation is 2. The van der Waals surface area contributed by atoms with Gasteiger partial charge in [0.15, 0.2) is 5.96 Å². The van der Waals surface area contributed by atoms with Crippen molar-refractivity contribution in [3.05, 3.63) is 53.3 Å². The predicted molar refractivity (Wildman–Crippen MR) is 86.0 cm³/mol. The summed E-state index contributed by atoms with van der Waals surface area (Å²) in [4.78, 5) is 4.58. The molecule has 0 aliphatic rings. The molecule has 0 amide bonds. The predicted octanol–water partition coefficient (Wildman–Crippen LogP) is 1.98. The van der Waals surface area contributed by atoms with E-state index in [0.717, 1.165) is 24.6 Å². The van der Waals surface area contributed by atoms with E-state index < -0.39 is 0 Å². The molecule has 0 aliphatic carbocycles. The Labute approximate surface area is 126 Å². The highest BCUT2D eigenvalue weighted by Gasteiger charge is 2.00. The van der Waals surface area contributed by atoms with Crippen LogP contribution in [0.15, 0.2) is 41.7 Å². The molecule has 0 spiro atoms. The topological polar surface area (TPSA) is 54.2 Å². The fourth-order valence-electron chi connectivity index (χ4n) is 2.07. The normalized spacial score (nSPS) is 11.5. The number of aromatic nitrogens is 2. The maximum Gasteiger partial charge on any atom is 0.191 e. The lowest BCUT2D eigenvalue weighted by Crippen LogP contribution is -2.36. The molecule has 112 valence electrons. The van der Waals surface area contributed by atoms with E-state index in [2.05, 4.69) is 58.8 Å². The largest absolute Gasteiger partial charge is 0.357 e. The van der Waals surface area contributed by atoms with Crippen LogP contribution in [0, 0.1) is 6.92 Å². The van der Waals surface area contributed by atoms with Crippen LogP contribution in [-0.2, 0) is 20.1 Å². The summed E-state index contributed by atoms with van der Waals surface area (Å²) in [6.07, 6.45) is 3.82. The first-order valence-corrected chi connectivity index (χ1v) is 7.22. The molecular weight excluding hydrogens is 262 g/mol. The van der Waals surface area contributed by atoms with Gasteiger partial charge in [-0.1, -0.05) is 29.8 Å². The van der Waals surface area contributed by atoms with Crippen molar-refractivity contribution in [2.75, 3.05) is 6.54 Å². The van der Waals surface area contributed by atoms with E-state index >= 15 is 0 Å². The molecule has 0 saturated carbocycles. The SMILES string of the molecule is CCNC(=NCc1cnn(C)c1)NCc1cccc(C)c1. The Morgan fingerprint density at radius 2 is 2.14 bits per heavy atom. The average molecular weight is 285 g/mol. The number of hydrogen-bond donors (Lipinski definition) is 2. The lowest BCUT2D eigenvalue weighted by Gasteiger charge is -2.11. The third-order valence-corrected chi connectivity index (χ3v) is 3.06. The van der Waals surface area contributed by atoms with E-state index in [-0.39, 0.29) is 0 Å². The first-order chi connectivity index (χ1) is 10.2. The van der Waals surface area contributed by atoms with Gasteiger partial charge >= 0.3 is 0 Å². The summed E-state index contributed by atoms with van der Waals surface area (Å²) in [6.45, 7) is 6.39. The Kier molecular flexibility index (Phi) is 5.37. The molecule has 0 unspecified atom stereocenters. The third-order valence-electron chi connectivity index (χ3n) is 3.06. The Bertz CT molecular complexity index is 600. The molecule has 1 heterocycles. The molecule has 2 aromatic rings. The minimum Gasteiger partial charge on any atom is -0.357 e. The molecule has 0 aliphatic heterocycles. The highest BCUT2D eigenvalue weighted by molar-refractivity contribution is 5.79. The number of benzene rings is 1. The molecule has 1 aromatic heterocycles. The number of hydrogen-bond acceptors (Lipinski definition) is 2. The molecule has 2 rings (SSSR count). The van der Waals surface area contributed by atoms with Crippen molar-refractivity contribution in [2.24, 2.45) is 12.0 Å². The number of guanidine groups is 1. The maximum absolute atomic E-state index is 4.58. The smallest absolute Gasteiger partial charge is 0.191 e. The summed E-state index contributed by atoms with van der Waals surface area (Å²) in [5.41, 5.74) is 3.62. The highest BCUT2D eigenvalue weighted by atomic mass is 15.2. The van der Waals surface area contributed by atoms with Gasteiger partial charge < -0.3 is 10.6 Å². The Morgan fingerprint density at radius 3 is 2.81 bits per heavy atom. The molecule has 1 aromatic carbocycles. The van der Waals surface area contributed by atoms with Crippen molar-refractivity contribution in [2.45, 2.75) is 26.9 Å². The first-order valence-electron chi connectivity index (χ1n) is 7.22. The minimum atomic E-state index is 0.622. The van der Waals surface area contributed by atoms with E-state index in [1.54, 1.807) is 4.68 Å². The lowest BCUT2D eigenvalue weighted by molar-refractivity contribution is 0.766. The van der Waals surface area contributed by atoms with Crippen molar-refractivity contribution in [3.8, 4) is 0 Å². The fourth-order valence-corrected chi connectivity index (χ4v) is 2.07.